The van der Waals surface area contributed by atoms with E-state index in [0.29, 0.717) is 0 Å². The fourth-order valence-corrected chi connectivity index (χ4v) is 9.80. The number of para-hydroxylation sites is 3. The molecule has 0 amide bonds. The summed E-state index contributed by atoms with van der Waals surface area (Å²) in [6.45, 7) is 0. The number of pyridine rings is 1. The summed E-state index contributed by atoms with van der Waals surface area (Å²) in [7, 11) is 0. The Hall–Kier alpha value is -7.88. The maximum atomic E-state index is 5.43. The van der Waals surface area contributed by atoms with Gasteiger partial charge in [-0.15, -0.1) is 0 Å². The molecular formula is C57H37N3. The van der Waals surface area contributed by atoms with Gasteiger partial charge in [0.05, 0.1) is 27.7 Å². The predicted octanol–water partition coefficient (Wildman–Crippen LogP) is 14.1. The van der Waals surface area contributed by atoms with Crippen LogP contribution < -0.4 is 0 Å². The van der Waals surface area contributed by atoms with E-state index in [9.17, 15) is 0 Å². The largest absolute Gasteiger partial charge is 0.292 e. The van der Waals surface area contributed by atoms with Crippen LogP contribution in [-0.2, 0) is 5.41 Å². The van der Waals surface area contributed by atoms with Crippen LogP contribution in [0.4, 0.5) is 0 Å². The lowest BCUT2D eigenvalue weighted by Crippen LogP contribution is -2.28. The summed E-state index contributed by atoms with van der Waals surface area (Å²) in [5, 5.41) is 3.52. The minimum Gasteiger partial charge on any atom is -0.292 e. The van der Waals surface area contributed by atoms with Crippen molar-refractivity contribution in [2.45, 2.75) is 5.41 Å². The molecule has 0 saturated carbocycles. The molecule has 0 fully saturated rings. The van der Waals surface area contributed by atoms with Crippen molar-refractivity contribution in [3.63, 3.8) is 0 Å². The molecule has 0 bridgehead atoms. The van der Waals surface area contributed by atoms with Crippen LogP contribution in [0, 0.1) is 0 Å². The molecule has 0 aliphatic heterocycles. The summed E-state index contributed by atoms with van der Waals surface area (Å²) in [5.41, 5.74) is 16.7. The number of hydrogen-bond acceptors (Lipinski definition) is 2. The molecule has 9 aromatic carbocycles. The Morgan fingerprint density at radius 3 is 1.63 bits per heavy atom. The van der Waals surface area contributed by atoms with E-state index >= 15 is 0 Å². The molecule has 2 heterocycles. The average molecular weight is 764 g/mol. The Kier molecular flexibility index (Phi) is 7.76. The maximum Gasteiger partial charge on any atom is 0.145 e. The van der Waals surface area contributed by atoms with Crippen molar-refractivity contribution in [1.82, 2.24) is 14.5 Å². The molecule has 0 unspecified atom stereocenters. The number of rotatable bonds is 6. The molecule has 0 atom stereocenters. The number of benzene rings is 9. The van der Waals surface area contributed by atoms with Gasteiger partial charge in [0.15, 0.2) is 0 Å². The molecule has 1 aliphatic rings. The SMILES string of the molecule is c1ccc(-c2nc3ccccc3n2-c2ccc(-c3ccc(-c4nc5ccccc5c5cc6c(cc45)C(c4ccccc4)(c4ccccc4)c4ccccc4-6)cc3)cc2)cc1. The van der Waals surface area contributed by atoms with Crippen LogP contribution in [0.1, 0.15) is 22.3 Å². The van der Waals surface area contributed by atoms with Gasteiger partial charge in [-0.2, -0.15) is 0 Å². The standard InChI is InChI=1S/C57H37N3/c1-4-16-41(17-5-1)56-59-53-26-14-15-27-54(53)60(56)44-34-32-39(33-35-44)38-28-30-40(31-29-38)55-49-37-51-48(36-47(49)46-23-11-13-25-52(46)58-55)45-22-10-12-24-50(45)57(51,42-18-6-2-7-19-42)43-20-8-3-9-21-43/h1-37H. The van der Waals surface area contributed by atoms with Crippen LogP contribution in [-0.4, -0.2) is 14.5 Å². The predicted molar refractivity (Wildman–Crippen MR) is 247 cm³/mol. The quantitative estimate of drug-likeness (QED) is 0.158. The normalized spacial score (nSPS) is 12.8. The van der Waals surface area contributed by atoms with Gasteiger partial charge >= 0.3 is 0 Å². The van der Waals surface area contributed by atoms with E-state index in [-0.39, 0.29) is 0 Å². The van der Waals surface area contributed by atoms with Gasteiger partial charge in [0, 0.05) is 27.6 Å². The van der Waals surface area contributed by atoms with E-state index in [0.717, 1.165) is 66.8 Å². The fourth-order valence-electron chi connectivity index (χ4n) is 9.80. The van der Waals surface area contributed by atoms with E-state index in [2.05, 4.69) is 217 Å². The Morgan fingerprint density at radius 1 is 0.350 bits per heavy atom. The molecule has 3 nitrogen and oxygen atoms in total. The van der Waals surface area contributed by atoms with Crippen molar-refractivity contribution >= 4 is 32.7 Å². The number of fused-ring (bicyclic) bond motifs is 7. The number of imidazole rings is 1. The highest BCUT2D eigenvalue weighted by Crippen LogP contribution is 2.57. The molecule has 1 aliphatic carbocycles. The van der Waals surface area contributed by atoms with Gasteiger partial charge in [0.25, 0.3) is 0 Å². The number of aromatic nitrogens is 3. The Labute approximate surface area is 348 Å². The van der Waals surface area contributed by atoms with Crippen molar-refractivity contribution < 1.29 is 0 Å². The Bertz CT molecular complexity index is 3350. The molecule has 11 aromatic rings. The summed E-state index contributed by atoms with van der Waals surface area (Å²) in [6, 6.07) is 81.0. The van der Waals surface area contributed by atoms with Crippen LogP contribution in [0.5, 0.6) is 0 Å². The monoisotopic (exact) mass is 763 g/mol. The zero-order valence-corrected chi connectivity index (χ0v) is 32.7. The molecule has 60 heavy (non-hydrogen) atoms. The zero-order valence-electron chi connectivity index (χ0n) is 32.7. The molecule has 0 saturated heterocycles. The highest BCUT2D eigenvalue weighted by Gasteiger charge is 2.46. The van der Waals surface area contributed by atoms with Gasteiger partial charge in [-0.1, -0.05) is 182 Å². The fraction of sp³-hybridized carbons (Fsp3) is 0.0175. The van der Waals surface area contributed by atoms with Gasteiger partial charge in [-0.05, 0) is 92.4 Å². The lowest BCUT2D eigenvalue weighted by atomic mass is 9.67. The maximum absolute atomic E-state index is 5.43. The van der Waals surface area contributed by atoms with Crippen molar-refractivity contribution in [2.75, 3.05) is 0 Å². The van der Waals surface area contributed by atoms with Crippen molar-refractivity contribution in [1.29, 1.82) is 0 Å². The lowest BCUT2D eigenvalue weighted by Gasteiger charge is -2.34. The molecule has 3 heteroatoms. The number of hydrogen-bond donors (Lipinski definition) is 0. The summed E-state index contributed by atoms with van der Waals surface area (Å²) < 4.78 is 2.26. The molecule has 0 spiro atoms. The van der Waals surface area contributed by atoms with Gasteiger partial charge in [0.2, 0.25) is 0 Å². The smallest absolute Gasteiger partial charge is 0.145 e. The van der Waals surface area contributed by atoms with E-state index < -0.39 is 5.41 Å². The van der Waals surface area contributed by atoms with Crippen LogP contribution in [0.3, 0.4) is 0 Å². The second-order valence-corrected chi connectivity index (χ2v) is 15.7. The van der Waals surface area contributed by atoms with Gasteiger partial charge in [0.1, 0.15) is 5.82 Å². The highest BCUT2D eigenvalue weighted by atomic mass is 15.1. The van der Waals surface area contributed by atoms with Gasteiger partial charge < -0.3 is 0 Å². The first-order valence-electron chi connectivity index (χ1n) is 20.6. The first-order chi connectivity index (χ1) is 29.8. The van der Waals surface area contributed by atoms with Crippen LogP contribution in [0.2, 0.25) is 0 Å². The van der Waals surface area contributed by atoms with Gasteiger partial charge in [-0.3, -0.25) is 4.57 Å². The molecule has 0 N–H and O–H groups in total. The van der Waals surface area contributed by atoms with Crippen molar-refractivity contribution in [2.24, 2.45) is 0 Å². The summed E-state index contributed by atoms with van der Waals surface area (Å²) >= 11 is 0. The molecular weight excluding hydrogens is 727 g/mol. The van der Waals surface area contributed by atoms with E-state index in [1.54, 1.807) is 0 Å². The van der Waals surface area contributed by atoms with Crippen LogP contribution in [0.25, 0.3) is 83.3 Å². The van der Waals surface area contributed by atoms with Crippen LogP contribution >= 0.6 is 0 Å². The Balaban J connectivity index is 1.00. The average Bonchev–Trinajstić information content (AvgIpc) is 3.86. The van der Waals surface area contributed by atoms with E-state index in [4.69, 9.17) is 9.97 Å². The van der Waals surface area contributed by atoms with Gasteiger partial charge in [-0.25, -0.2) is 9.97 Å². The third-order valence-corrected chi connectivity index (χ3v) is 12.5. The summed E-state index contributed by atoms with van der Waals surface area (Å²) in [6.07, 6.45) is 0. The topological polar surface area (TPSA) is 30.7 Å². The van der Waals surface area contributed by atoms with Crippen LogP contribution in [0.15, 0.2) is 224 Å². The molecule has 280 valence electrons. The van der Waals surface area contributed by atoms with E-state index in [1.165, 1.54) is 38.8 Å². The number of nitrogens with zero attached hydrogens (tertiary/aromatic N) is 3. The lowest BCUT2D eigenvalue weighted by molar-refractivity contribution is 0.769. The minimum absolute atomic E-state index is 0.494. The minimum atomic E-state index is -0.494. The van der Waals surface area contributed by atoms with E-state index in [1.807, 2.05) is 12.1 Å². The zero-order chi connectivity index (χ0) is 39.6. The van der Waals surface area contributed by atoms with Crippen molar-refractivity contribution in [3.8, 4) is 50.6 Å². The second-order valence-electron chi connectivity index (χ2n) is 15.7. The Morgan fingerprint density at radius 2 is 0.917 bits per heavy atom. The first-order valence-corrected chi connectivity index (χ1v) is 20.6. The third kappa shape index (κ3) is 5.16. The molecule has 2 aromatic heterocycles. The molecule has 12 rings (SSSR count). The molecule has 0 radical (unpaired) electrons. The summed E-state index contributed by atoms with van der Waals surface area (Å²) in [5.74, 6) is 0.934. The highest BCUT2D eigenvalue weighted by molar-refractivity contribution is 6.13. The second kappa shape index (κ2) is 13.6. The summed E-state index contributed by atoms with van der Waals surface area (Å²) in [4.78, 5) is 10.5. The third-order valence-electron chi connectivity index (χ3n) is 12.5. The first kappa shape index (κ1) is 34.2. The van der Waals surface area contributed by atoms with Crippen molar-refractivity contribution in [3.05, 3.63) is 247 Å².